The molecule has 0 radical (unpaired) electrons. The molecule has 0 spiro atoms. The van der Waals surface area contributed by atoms with Crippen LogP contribution in [0.5, 0.6) is 17.2 Å². The van der Waals surface area contributed by atoms with Gasteiger partial charge in [-0.2, -0.15) is 0 Å². The van der Waals surface area contributed by atoms with E-state index in [9.17, 15) is 22.7 Å². The number of aliphatic hydroxyl groups is 1. The van der Waals surface area contributed by atoms with Gasteiger partial charge in [0.2, 0.25) is 0 Å². The molecule has 0 aromatic heterocycles. The number of nitrogens with zero attached hydrogens (tertiary/aromatic N) is 1. The number of carbonyl (C=O) groups excluding carboxylic acids is 1. The Morgan fingerprint density at radius 2 is 1.68 bits per heavy atom. The quantitative estimate of drug-likeness (QED) is 0.429. The van der Waals surface area contributed by atoms with Gasteiger partial charge in [0.05, 0.1) is 12.9 Å². The summed E-state index contributed by atoms with van der Waals surface area (Å²) in [5.41, 5.74) is 2.39. The lowest BCUT2D eigenvalue weighted by molar-refractivity contribution is -0.122. The fourth-order valence-electron chi connectivity index (χ4n) is 4.08. The number of anilines is 1. The highest BCUT2D eigenvalue weighted by molar-refractivity contribution is 7.90. The molecule has 3 aromatic carbocycles. The van der Waals surface area contributed by atoms with E-state index in [1.165, 1.54) is 19.2 Å². The first-order valence-corrected chi connectivity index (χ1v) is 13.7. The summed E-state index contributed by atoms with van der Waals surface area (Å²) in [6.45, 7) is 0.231. The number of rotatable bonds is 10. The molecule has 2 atom stereocenters. The average Bonchev–Trinajstić information content (AvgIpc) is 3.22. The van der Waals surface area contributed by atoms with Gasteiger partial charge in [0, 0.05) is 31.0 Å². The first-order chi connectivity index (χ1) is 17.6. The summed E-state index contributed by atoms with van der Waals surface area (Å²) in [5.74, 6) is 0.321. The fourth-order valence-corrected chi connectivity index (χ4v) is 4.87. The van der Waals surface area contributed by atoms with Crippen molar-refractivity contribution in [3.63, 3.8) is 0 Å². The van der Waals surface area contributed by atoms with Crippen LogP contribution in [0.1, 0.15) is 6.42 Å². The molecule has 1 N–H and O–H groups in total. The minimum Gasteiger partial charge on any atom is -0.493 e. The molecule has 10 heteroatoms. The first kappa shape index (κ1) is 26.4. The van der Waals surface area contributed by atoms with Crippen LogP contribution in [0.2, 0.25) is 0 Å². The first-order valence-electron chi connectivity index (χ1n) is 11.6. The highest BCUT2D eigenvalue weighted by Crippen LogP contribution is 2.34. The Bertz CT molecular complexity index is 1340. The molecule has 0 bridgehead atoms. The van der Waals surface area contributed by atoms with Gasteiger partial charge in [-0.15, -0.1) is 0 Å². The number of amides is 1. The summed E-state index contributed by atoms with van der Waals surface area (Å²) < 4.78 is 52.7. The molecule has 196 valence electrons. The normalized spacial score (nSPS) is 16.5. The third-order valence-electron chi connectivity index (χ3n) is 5.85. The molecule has 1 heterocycles. The number of aliphatic hydroxyl groups excluding tert-OH is 1. The maximum absolute atomic E-state index is 13.2. The van der Waals surface area contributed by atoms with Crippen molar-refractivity contribution in [2.24, 2.45) is 0 Å². The summed E-state index contributed by atoms with van der Waals surface area (Å²) >= 11 is 0. The molecule has 4 rings (SSSR count). The smallest absolute Gasteiger partial charge is 0.268 e. The largest absolute Gasteiger partial charge is 0.493 e. The Hall–Kier alpha value is -3.63. The van der Waals surface area contributed by atoms with E-state index in [4.69, 9.17) is 14.2 Å². The van der Waals surface area contributed by atoms with Gasteiger partial charge in [0.25, 0.3) is 5.91 Å². The zero-order valence-corrected chi connectivity index (χ0v) is 21.3. The number of hydrogen-bond acceptors (Lipinski definition) is 7. The lowest BCUT2D eigenvalue weighted by atomic mass is 10.1. The van der Waals surface area contributed by atoms with Crippen molar-refractivity contribution in [2.75, 3.05) is 37.2 Å². The molecule has 0 aliphatic carbocycles. The van der Waals surface area contributed by atoms with Gasteiger partial charge < -0.3 is 24.2 Å². The third-order valence-corrected chi connectivity index (χ3v) is 6.84. The summed E-state index contributed by atoms with van der Waals surface area (Å²) in [6.07, 6.45) is -0.290. The Kier molecular flexibility index (Phi) is 7.99. The van der Waals surface area contributed by atoms with Crippen molar-refractivity contribution in [3.8, 4) is 28.4 Å². The van der Waals surface area contributed by atoms with Gasteiger partial charge in [-0.25, -0.2) is 12.8 Å². The van der Waals surface area contributed by atoms with Crippen LogP contribution in [0.15, 0.2) is 66.7 Å². The van der Waals surface area contributed by atoms with Gasteiger partial charge in [-0.3, -0.25) is 4.79 Å². The van der Waals surface area contributed by atoms with Crippen molar-refractivity contribution in [2.45, 2.75) is 18.6 Å². The minimum atomic E-state index is -3.34. The molecular formula is C27H28FNO7S. The molecule has 3 aromatic rings. The van der Waals surface area contributed by atoms with Gasteiger partial charge in [-0.05, 0) is 47.5 Å². The van der Waals surface area contributed by atoms with E-state index in [1.54, 1.807) is 47.4 Å². The molecule has 1 aliphatic heterocycles. The maximum Gasteiger partial charge on any atom is 0.268 e. The van der Waals surface area contributed by atoms with Gasteiger partial charge >= 0.3 is 0 Å². The molecule has 1 saturated heterocycles. The van der Waals surface area contributed by atoms with Crippen LogP contribution in [-0.2, 0) is 14.6 Å². The number of methoxy groups -OCH3 is 1. The third kappa shape index (κ3) is 6.78. The van der Waals surface area contributed by atoms with E-state index < -0.39 is 27.8 Å². The molecule has 1 aliphatic rings. The Labute approximate surface area is 215 Å². The zero-order valence-electron chi connectivity index (χ0n) is 20.5. The second kappa shape index (κ2) is 11.2. The summed E-state index contributed by atoms with van der Waals surface area (Å²) in [7, 11) is -1.89. The standard InChI is InChI=1S/C27H28FNO7S/c1-34-26-15-21(9-12-24(26)35-16-22(30)17-37(2,32)33)29-14-13-25(27(29)31)36-23-10-5-19(6-11-23)18-3-7-20(28)8-4-18/h3-12,15,22,25,30H,13-14,16-17H2,1-2H3/t22-,25?/m1/s1. The van der Waals surface area contributed by atoms with Crippen LogP contribution in [0.3, 0.4) is 0 Å². The van der Waals surface area contributed by atoms with Crippen molar-refractivity contribution in [1.82, 2.24) is 0 Å². The lowest BCUT2D eigenvalue weighted by Crippen LogP contribution is -2.32. The van der Waals surface area contributed by atoms with E-state index in [0.29, 0.717) is 35.9 Å². The van der Waals surface area contributed by atoms with Crippen LogP contribution in [-0.4, -0.2) is 63.9 Å². The Morgan fingerprint density at radius 3 is 2.30 bits per heavy atom. The van der Waals surface area contributed by atoms with Crippen molar-refractivity contribution in [3.05, 3.63) is 72.5 Å². The van der Waals surface area contributed by atoms with Crippen molar-refractivity contribution < 1.29 is 36.9 Å². The van der Waals surface area contributed by atoms with E-state index >= 15 is 0 Å². The minimum absolute atomic E-state index is 0.193. The van der Waals surface area contributed by atoms with E-state index in [-0.39, 0.29) is 18.3 Å². The number of hydrogen-bond donors (Lipinski definition) is 1. The number of benzene rings is 3. The van der Waals surface area contributed by atoms with E-state index in [0.717, 1.165) is 17.4 Å². The SMILES string of the molecule is COc1cc(N2CCC(Oc3ccc(-c4ccc(F)cc4)cc3)C2=O)ccc1OC[C@@H](O)CS(C)(=O)=O. The van der Waals surface area contributed by atoms with Crippen LogP contribution in [0.25, 0.3) is 11.1 Å². The van der Waals surface area contributed by atoms with Crippen molar-refractivity contribution >= 4 is 21.4 Å². The zero-order chi connectivity index (χ0) is 26.6. The topological polar surface area (TPSA) is 102 Å². The summed E-state index contributed by atoms with van der Waals surface area (Å²) in [6, 6.07) is 18.4. The van der Waals surface area contributed by atoms with Crippen LogP contribution < -0.4 is 19.1 Å². The average molecular weight is 530 g/mol. The monoisotopic (exact) mass is 529 g/mol. The van der Waals surface area contributed by atoms with Crippen LogP contribution in [0.4, 0.5) is 10.1 Å². The second-order valence-corrected chi connectivity index (χ2v) is 11.0. The summed E-state index contributed by atoms with van der Waals surface area (Å²) in [5, 5.41) is 9.88. The van der Waals surface area contributed by atoms with E-state index in [1.807, 2.05) is 12.1 Å². The fraction of sp³-hybridized carbons (Fsp3) is 0.296. The van der Waals surface area contributed by atoms with Gasteiger partial charge in [-0.1, -0.05) is 24.3 Å². The molecule has 37 heavy (non-hydrogen) atoms. The number of ether oxygens (including phenoxy) is 3. The molecule has 1 amide bonds. The van der Waals surface area contributed by atoms with Gasteiger partial charge in [0.1, 0.15) is 34.1 Å². The highest BCUT2D eigenvalue weighted by atomic mass is 32.2. The molecule has 0 saturated carbocycles. The predicted octanol–water partition coefficient (Wildman–Crippen LogP) is 3.47. The lowest BCUT2D eigenvalue weighted by Gasteiger charge is -2.20. The van der Waals surface area contributed by atoms with Crippen LogP contribution in [0, 0.1) is 5.82 Å². The van der Waals surface area contributed by atoms with Crippen molar-refractivity contribution in [1.29, 1.82) is 0 Å². The number of sulfone groups is 1. The number of halogens is 1. The Balaban J connectivity index is 1.39. The Morgan fingerprint density at radius 1 is 1.03 bits per heavy atom. The predicted molar refractivity (Wildman–Crippen MR) is 137 cm³/mol. The molecular weight excluding hydrogens is 501 g/mol. The number of carbonyl (C=O) groups is 1. The molecule has 8 nitrogen and oxygen atoms in total. The van der Waals surface area contributed by atoms with E-state index in [2.05, 4.69) is 0 Å². The molecule has 1 fully saturated rings. The highest BCUT2D eigenvalue weighted by Gasteiger charge is 2.34. The molecule has 1 unspecified atom stereocenters. The van der Waals surface area contributed by atoms with Crippen LogP contribution >= 0.6 is 0 Å². The maximum atomic E-state index is 13.2. The summed E-state index contributed by atoms with van der Waals surface area (Å²) in [4.78, 5) is 14.7. The second-order valence-electron chi connectivity index (χ2n) is 8.81. The van der Waals surface area contributed by atoms with Gasteiger partial charge in [0.15, 0.2) is 17.6 Å².